The molecular weight excluding hydrogens is 419 g/mol. The maximum atomic E-state index is 13.1. The molecule has 8 heteroatoms. The number of carbonyl (C=O) groups is 1. The highest BCUT2D eigenvalue weighted by Crippen LogP contribution is 2.30. The monoisotopic (exact) mass is 446 g/mol. The second kappa shape index (κ2) is 9.62. The van der Waals surface area contributed by atoms with Crippen molar-refractivity contribution in [1.29, 1.82) is 0 Å². The lowest BCUT2D eigenvalue weighted by atomic mass is 10.1. The number of nitrogens with zero attached hydrogens (tertiary/aromatic N) is 2. The smallest absolute Gasteiger partial charge is 0.243 e. The standard InChI is InChI=1S/C21H21FN2O4S.C2H6/c1-28-19-6-2-15(3-7-19)10-21(25)23-11-16-13-24(14-17(16)12-23)29(26,27)20-8-4-18(22)5-9-20;1-2/h2-9H,10-14H2,1H3;1-2H3. The van der Waals surface area contributed by atoms with E-state index in [1.807, 2.05) is 38.1 Å². The minimum Gasteiger partial charge on any atom is -0.497 e. The molecule has 0 atom stereocenters. The van der Waals surface area contributed by atoms with E-state index < -0.39 is 15.8 Å². The van der Waals surface area contributed by atoms with Gasteiger partial charge in [0, 0.05) is 26.2 Å². The van der Waals surface area contributed by atoms with Gasteiger partial charge in [0.1, 0.15) is 11.6 Å². The Morgan fingerprint density at radius 3 is 2.00 bits per heavy atom. The van der Waals surface area contributed by atoms with Crippen LogP contribution in [0.2, 0.25) is 0 Å². The molecular formula is C23H27FN2O4S. The summed E-state index contributed by atoms with van der Waals surface area (Å²) in [6.45, 7) is 5.42. The second-order valence-electron chi connectivity index (χ2n) is 7.21. The van der Waals surface area contributed by atoms with Gasteiger partial charge in [-0.15, -0.1) is 0 Å². The van der Waals surface area contributed by atoms with Gasteiger partial charge in [-0.3, -0.25) is 4.79 Å². The molecule has 2 aromatic rings. The Morgan fingerprint density at radius 1 is 0.935 bits per heavy atom. The maximum absolute atomic E-state index is 13.1. The van der Waals surface area contributed by atoms with E-state index in [9.17, 15) is 17.6 Å². The number of amides is 1. The summed E-state index contributed by atoms with van der Waals surface area (Å²) in [6.07, 6.45) is 0.294. The third-order valence-electron chi connectivity index (χ3n) is 5.32. The molecule has 1 amide bonds. The van der Waals surface area contributed by atoms with Gasteiger partial charge in [-0.25, -0.2) is 12.8 Å². The first-order chi connectivity index (χ1) is 14.9. The van der Waals surface area contributed by atoms with Crippen LogP contribution in [0, 0.1) is 5.82 Å². The summed E-state index contributed by atoms with van der Waals surface area (Å²) in [5, 5.41) is 0. The molecule has 2 aliphatic heterocycles. The van der Waals surface area contributed by atoms with E-state index >= 15 is 0 Å². The van der Waals surface area contributed by atoms with Crippen molar-refractivity contribution in [1.82, 2.24) is 9.21 Å². The lowest BCUT2D eigenvalue weighted by Crippen LogP contribution is -2.37. The number of benzene rings is 2. The second-order valence-corrected chi connectivity index (χ2v) is 9.15. The minimum atomic E-state index is -3.68. The highest BCUT2D eigenvalue weighted by molar-refractivity contribution is 7.89. The number of carbonyl (C=O) groups excluding carboxylic acids is 1. The zero-order valence-electron chi connectivity index (χ0n) is 18.0. The molecule has 0 aliphatic carbocycles. The van der Waals surface area contributed by atoms with Gasteiger partial charge in [0.25, 0.3) is 0 Å². The number of ether oxygens (including phenoxy) is 1. The van der Waals surface area contributed by atoms with Crippen LogP contribution in [0.25, 0.3) is 0 Å². The summed E-state index contributed by atoms with van der Waals surface area (Å²) < 4.78 is 45.1. The predicted molar refractivity (Wildman–Crippen MR) is 117 cm³/mol. The van der Waals surface area contributed by atoms with Gasteiger partial charge in [0.2, 0.25) is 15.9 Å². The number of halogens is 1. The van der Waals surface area contributed by atoms with E-state index in [0.717, 1.165) is 34.6 Å². The Hall–Kier alpha value is -2.71. The lowest BCUT2D eigenvalue weighted by molar-refractivity contribution is -0.129. The molecule has 6 nitrogen and oxygen atoms in total. The minimum absolute atomic E-state index is 0.0116. The largest absolute Gasteiger partial charge is 0.497 e. The zero-order valence-corrected chi connectivity index (χ0v) is 18.8. The molecule has 0 fully saturated rings. The van der Waals surface area contributed by atoms with Crippen LogP contribution in [0.15, 0.2) is 64.6 Å². The molecule has 0 radical (unpaired) electrons. The van der Waals surface area contributed by atoms with Gasteiger partial charge in [-0.05, 0) is 53.1 Å². The van der Waals surface area contributed by atoms with Gasteiger partial charge in [-0.1, -0.05) is 26.0 Å². The van der Waals surface area contributed by atoms with E-state index in [4.69, 9.17) is 4.74 Å². The van der Waals surface area contributed by atoms with Crippen LogP contribution in [0.3, 0.4) is 0 Å². The molecule has 31 heavy (non-hydrogen) atoms. The average molecular weight is 447 g/mol. The summed E-state index contributed by atoms with van der Waals surface area (Å²) in [5.41, 5.74) is 2.85. The highest BCUT2D eigenvalue weighted by atomic mass is 32.2. The fraction of sp³-hybridized carbons (Fsp3) is 0.348. The van der Waals surface area contributed by atoms with E-state index in [0.29, 0.717) is 19.5 Å². The summed E-state index contributed by atoms with van der Waals surface area (Å²) >= 11 is 0. The summed E-state index contributed by atoms with van der Waals surface area (Å²) in [6, 6.07) is 12.2. The lowest BCUT2D eigenvalue weighted by Gasteiger charge is -2.23. The van der Waals surface area contributed by atoms with Crippen LogP contribution in [0.4, 0.5) is 4.39 Å². The average Bonchev–Trinajstić information content (AvgIpc) is 3.36. The molecule has 0 saturated heterocycles. The van der Waals surface area contributed by atoms with Gasteiger partial charge in [-0.2, -0.15) is 4.31 Å². The summed E-state index contributed by atoms with van der Waals surface area (Å²) in [7, 11) is -2.09. The van der Waals surface area contributed by atoms with Crippen molar-refractivity contribution in [2.24, 2.45) is 0 Å². The first kappa shape index (κ1) is 23.0. The van der Waals surface area contributed by atoms with Crippen molar-refractivity contribution >= 4 is 15.9 Å². The molecule has 2 heterocycles. The molecule has 0 bridgehead atoms. The number of sulfonamides is 1. The van der Waals surface area contributed by atoms with Crippen molar-refractivity contribution in [3.05, 3.63) is 71.1 Å². The van der Waals surface area contributed by atoms with Gasteiger partial charge in [0.05, 0.1) is 18.4 Å². The Kier molecular flexibility index (Phi) is 7.12. The Labute approximate surface area is 183 Å². The van der Waals surface area contributed by atoms with Gasteiger partial charge >= 0.3 is 0 Å². The van der Waals surface area contributed by atoms with E-state index in [1.165, 1.54) is 16.4 Å². The van der Waals surface area contributed by atoms with Crippen LogP contribution in [0.5, 0.6) is 5.75 Å². The third-order valence-corrected chi connectivity index (χ3v) is 7.12. The molecule has 0 saturated carbocycles. The predicted octanol–water partition coefficient (Wildman–Crippen LogP) is 3.25. The van der Waals surface area contributed by atoms with Gasteiger partial charge < -0.3 is 9.64 Å². The van der Waals surface area contributed by atoms with E-state index in [1.54, 1.807) is 12.0 Å². The quantitative estimate of drug-likeness (QED) is 0.662. The van der Waals surface area contributed by atoms with Crippen molar-refractivity contribution < 1.29 is 22.3 Å². The SMILES string of the molecule is CC.COc1ccc(CC(=O)N2CC3=C(C2)CN(S(=O)(=O)c2ccc(F)cc2)C3)cc1. The molecule has 2 aromatic carbocycles. The Balaban J connectivity index is 0.00000132. The fourth-order valence-electron chi connectivity index (χ4n) is 3.68. The van der Waals surface area contributed by atoms with Crippen LogP contribution >= 0.6 is 0 Å². The number of rotatable bonds is 5. The Bertz CT molecular complexity index is 1050. The first-order valence-electron chi connectivity index (χ1n) is 10.2. The molecule has 0 N–H and O–H groups in total. The Morgan fingerprint density at radius 2 is 1.48 bits per heavy atom. The van der Waals surface area contributed by atoms with E-state index in [-0.39, 0.29) is 23.9 Å². The van der Waals surface area contributed by atoms with Crippen molar-refractivity contribution in [3.63, 3.8) is 0 Å². The molecule has 4 rings (SSSR count). The molecule has 2 aliphatic rings. The maximum Gasteiger partial charge on any atom is 0.243 e. The number of hydrogen-bond acceptors (Lipinski definition) is 4. The van der Waals surface area contributed by atoms with E-state index in [2.05, 4.69) is 0 Å². The topological polar surface area (TPSA) is 66.9 Å². The third kappa shape index (κ3) is 4.97. The van der Waals surface area contributed by atoms with Crippen LogP contribution < -0.4 is 4.74 Å². The van der Waals surface area contributed by atoms with Gasteiger partial charge in [0.15, 0.2) is 0 Å². The van der Waals surface area contributed by atoms with Crippen LogP contribution in [-0.2, 0) is 21.2 Å². The molecule has 0 aromatic heterocycles. The fourth-order valence-corrected chi connectivity index (χ4v) is 5.11. The molecule has 0 unspecified atom stereocenters. The number of hydrogen-bond donors (Lipinski definition) is 0. The first-order valence-corrected chi connectivity index (χ1v) is 11.7. The number of methoxy groups -OCH3 is 1. The highest BCUT2D eigenvalue weighted by Gasteiger charge is 2.37. The molecule has 0 spiro atoms. The van der Waals surface area contributed by atoms with Crippen LogP contribution in [-0.4, -0.2) is 56.8 Å². The summed E-state index contributed by atoms with van der Waals surface area (Å²) in [5.74, 6) is 0.278. The summed E-state index contributed by atoms with van der Waals surface area (Å²) in [4.78, 5) is 14.5. The van der Waals surface area contributed by atoms with Crippen molar-refractivity contribution in [2.75, 3.05) is 33.3 Å². The van der Waals surface area contributed by atoms with Crippen molar-refractivity contribution in [3.8, 4) is 5.75 Å². The normalized spacial score (nSPS) is 16.1. The molecule has 166 valence electrons. The van der Waals surface area contributed by atoms with Crippen LogP contribution in [0.1, 0.15) is 19.4 Å². The van der Waals surface area contributed by atoms with Crippen molar-refractivity contribution in [2.45, 2.75) is 25.2 Å². The zero-order chi connectivity index (χ0) is 22.6.